The summed E-state index contributed by atoms with van der Waals surface area (Å²) in [6.45, 7) is 6.30. The number of hydrogen-bond donors (Lipinski definition) is 0. The monoisotopic (exact) mass is 232 g/mol. The highest BCUT2D eigenvalue weighted by Gasteiger charge is 2.14. The third kappa shape index (κ3) is 4.16. The molecule has 0 fully saturated rings. The Morgan fingerprint density at radius 1 is 1.35 bits per heavy atom. The molecule has 17 heavy (non-hydrogen) atoms. The maximum Gasteiger partial charge on any atom is 0.191 e. The van der Waals surface area contributed by atoms with Gasteiger partial charge in [-0.15, -0.1) is 0 Å². The Morgan fingerprint density at radius 3 is 2.53 bits per heavy atom. The third-order valence-electron chi connectivity index (χ3n) is 2.69. The molecule has 0 amide bonds. The topological polar surface area (TPSA) is 26.3 Å². The van der Waals surface area contributed by atoms with Crippen LogP contribution in [0.2, 0.25) is 0 Å². The summed E-state index contributed by atoms with van der Waals surface area (Å²) >= 11 is 0. The van der Waals surface area contributed by atoms with Crippen molar-refractivity contribution in [1.29, 1.82) is 0 Å². The first kappa shape index (κ1) is 13.7. The molecule has 0 aliphatic carbocycles. The van der Waals surface area contributed by atoms with Gasteiger partial charge in [0.05, 0.1) is 6.61 Å². The minimum Gasteiger partial charge on any atom is -0.366 e. The van der Waals surface area contributed by atoms with E-state index in [0.29, 0.717) is 6.61 Å². The lowest BCUT2D eigenvalue weighted by Gasteiger charge is -2.10. The first-order valence-electron chi connectivity index (χ1n) is 6.05. The molecule has 0 saturated carbocycles. The first-order chi connectivity index (χ1) is 8.19. The number of hydrogen-bond acceptors (Lipinski definition) is 2. The zero-order valence-electron chi connectivity index (χ0n) is 10.8. The van der Waals surface area contributed by atoms with E-state index in [0.717, 1.165) is 12.0 Å². The van der Waals surface area contributed by atoms with Crippen molar-refractivity contribution < 1.29 is 9.53 Å². The quantitative estimate of drug-likeness (QED) is 0.555. The summed E-state index contributed by atoms with van der Waals surface area (Å²) in [6.07, 6.45) is 4.40. The molecule has 1 aromatic carbocycles. The summed E-state index contributed by atoms with van der Waals surface area (Å²) in [5, 5.41) is 0. The smallest absolute Gasteiger partial charge is 0.191 e. The molecule has 0 spiro atoms. The van der Waals surface area contributed by atoms with Gasteiger partial charge in [0.1, 0.15) is 6.10 Å². The van der Waals surface area contributed by atoms with Crippen molar-refractivity contribution in [1.82, 2.24) is 0 Å². The Labute approximate surface area is 103 Å². The predicted octanol–water partition coefficient (Wildman–Crippen LogP) is 3.41. The molecule has 1 rings (SSSR count). The molecule has 0 aliphatic heterocycles. The Kier molecular flexibility index (Phi) is 5.64. The lowest BCUT2D eigenvalue weighted by molar-refractivity contribution is 0.0566. The van der Waals surface area contributed by atoms with Gasteiger partial charge in [-0.25, -0.2) is 0 Å². The van der Waals surface area contributed by atoms with Gasteiger partial charge in [0, 0.05) is 5.56 Å². The Morgan fingerprint density at radius 2 is 2.00 bits per heavy atom. The standard InChI is InChI=1S/C15H20O2/c1-4-6-11-17-12(3)15(16)14-9-7-13(5-2)8-10-14/h4,6-10,12H,5,11H2,1-3H3. The fourth-order valence-electron chi connectivity index (χ4n) is 1.51. The SMILES string of the molecule is CC=CCOC(C)C(=O)c1ccc(CC)cc1. The van der Waals surface area contributed by atoms with Crippen LogP contribution in [0.15, 0.2) is 36.4 Å². The molecule has 2 heteroatoms. The molecule has 0 saturated heterocycles. The predicted molar refractivity (Wildman–Crippen MR) is 70.4 cm³/mol. The number of carbonyl (C=O) groups excluding carboxylic acids is 1. The molecule has 1 unspecified atom stereocenters. The molecular formula is C15H20O2. The van der Waals surface area contributed by atoms with Gasteiger partial charge in [0.2, 0.25) is 0 Å². The van der Waals surface area contributed by atoms with Crippen molar-refractivity contribution in [2.45, 2.75) is 33.3 Å². The Balaban J connectivity index is 2.61. The van der Waals surface area contributed by atoms with E-state index in [1.54, 1.807) is 6.92 Å². The van der Waals surface area contributed by atoms with Crippen molar-refractivity contribution in [3.63, 3.8) is 0 Å². The largest absolute Gasteiger partial charge is 0.366 e. The average molecular weight is 232 g/mol. The van der Waals surface area contributed by atoms with E-state index in [1.807, 2.05) is 43.3 Å². The number of carbonyl (C=O) groups is 1. The van der Waals surface area contributed by atoms with Crippen molar-refractivity contribution in [2.75, 3.05) is 6.61 Å². The van der Waals surface area contributed by atoms with Gasteiger partial charge in [-0.3, -0.25) is 4.79 Å². The molecule has 1 atom stereocenters. The molecule has 1 aromatic rings. The van der Waals surface area contributed by atoms with Crippen molar-refractivity contribution in [3.8, 4) is 0 Å². The summed E-state index contributed by atoms with van der Waals surface area (Å²) < 4.78 is 5.42. The van der Waals surface area contributed by atoms with Crippen molar-refractivity contribution in [2.24, 2.45) is 0 Å². The van der Waals surface area contributed by atoms with E-state index in [4.69, 9.17) is 4.74 Å². The van der Waals surface area contributed by atoms with E-state index in [2.05, 4.69) is 6.92 Å². The number of ketones is 1. The van der Waals surface area contributed by atoms with Crippen LogP contribution in [0.4, 0.5) is 0 Å². The molecule has 0 aliphatic rings. The Hall–Kier alpha value is -1.41. The highest BCUT2D eigenvalue weighted by Crippen LogP contribution is 2.09. The molecule has 2 nitrogen and oxygen atoms in total. The average Bonchev–Trinajstić information content (AvgIpc) is 2.38. The van der Waals surface area contributed by atoms with Crippen LogP contribution in [0.3, 0.4) is 0 Å². The van der Waals surface area contributed by atoms with Crippen LogP contribution in [-0.2, 0) is 11.2 Å². The van der Waals surface area contributed by atoms with Crippen LogP contribution in [-0.4, -0.2) is 18.5 Å². The van der Waals surface area contributed by atoms with Gasteiger partial charge in [-0.2, -0.15) is 0 Å². The van der Waals surface area contributed by atoms with E-state index < -0.39 is 6.10 Å². The zero-order valence-corrected chi connectivity index (χ0v) is 10.8. The number of rotatable bonds is 6. The van der Waals surface area contributed by atoms with E-state index in [1.165, 1.54) is 5.56 Å². The highest BCUT2D eigenvalue weighted by molar-refractivity contribution is 5.99. The minimum absolute atomic E-state index is 0.0390. The third-order valence-corrected chi connectivity index (χ3v) is 2.69. The number of aryl methyl sites for hydroxylation is 1. The maximum atomic E-state index is 12.0. The summed E-state index contributed by atoms with van der Waals surface area (Å²) in [6, 6.07) is 7.73. The number of allylic oxidation sites excluding steroid dienone is 1. The van der Waals surface area contributed by atoms with Crippen LogP contribution >= 0.6 is 0 Å². The van der Waals surface area contributed by atoms with Gasteiger partial charge in [-0.05, 0) is 25.8 Å². The van der Waals surface area contributed by atoms with Crippen molar-refractivity contribution in [3.05, 3.63) is 47.5 Å². The van der Waals surface area contributed by atoms with Gasteiger partial charge in [-0.1, -0.05) is 43.3 Å². The Bertz CT molecular complexity index is 376. The molecule has 0 radical (unpaired) electrons. The summed E-state index contributed by atoms with van der Waals surface area (Å²) in [4.78, 5) is 12.0. The fourth-order valence-corrected chi connectivity index (χ4v) is 1.51. The van der Waals surface area contributed by atoms with Crippen LogP contribution in [0.5, 0.6) is 0 Å². The molecular weight excluding hydrogens is 212 g/mol. The fraction of sp³-hybridized carbons (Fsp3) is 0.400. The lowest BCUT2D eigenvalue weighted by Crippen LogP contribution is -2.21. The maximum absolute atomic E-state index is 12.0. The second kappa shape index (κ2) is 7.02. The molecule has 0 N–H and O–H groups in total. The second-order valence-corrected chi connectivity index (χ2v) is 3.96. The van der Waals surface area contributed by atoms with E-state index in [-0.39, 0.29) is 5.78 Å². The van der Waals surface area contributed by atoms with Gasteiger partial charge in [0.25, 0.3) is 0 Å². The summed E-state index contributed by atoms with van der Waals surface area (Å²) in [5.74, 6) is 0.0390. The first-order valence-corrected chi connectivity index (χ1v) is 6.05. The van der Waals surface area contributed by atoms with Crippen LogP contribution < -0.4 is 0 Å². The van der Waals surface area contributed by atoms with E-state index >= 15 is 0 Å². The molecule has 92 valence electrons. The van der Waals surface area contributed by atoms with Crippen LogP contribution in [0.25, 0.3) is 0 Å². The van der Waals surface area contributed by atoms with Crippen LogP contribution in [0, 0.1) is 0 Å². The summed E-state index contributed by atoms with van der Waals surface area (Å²) in [7, 11) is 0. The van der Waals surface area contributed by atoms with Gasteiger partial charge >= 0.3 is 0 Å². The lowest BCUT2D eigenvalue weighted by atomic mass is 10.0. The molecule has 0 heterocycles. The highest BCUT2D eigenvalue weighted by atomic mass is 16.5. The van der Waals surface area contributed by atoms with E-state index in [9.17, 15) is 4.79 Å². The van der Waals surface area contributed by atoms with Crippen molar-refractivity contribution >= 4 is 5.78 Å². The van der Waals surface area contributed by atoms with Gasteiger partial charge < -0.3 is 4.74 Å². The van der Waals surface area contributed by atoms with Crippen LogP contribution in [0.1, 0.15) is 36.7 Å². The normalized spacial score (nSPS) is 12.9. The number of ether oxygens (including phenoxy) is 1. The molecule has 0 bridgehead atoms. The second-order valence-electron chi connectivity index (χ2n) is 3.96. The summed E-state index contributed by atoms with van der Waals surface area (Å²) in [5.41, 5.74) is 1.96. The minimum atomic E-state index is -0.390. The van der Waals surface area contributed by atoms with Gasteiger partial charge in [0.15, 0.2) is 5.78 Å². The zero-order chi connectivity index (χ0) is 12.7. The number of benzene rings is 1. The number of Topliss-reactive ketones (excluding diaryl/α,β-unsaturated/α-hetero) is 1. The molecule has 0 aromatic heterocycles.